The summed E-state index contributed by atoms with van der Waals surface area (Å²) < 4.78 is 25.0. The van der Waals surface area contributed by atoms with E-state index in [9.17, 15) is 13.6 Å². The molecule has 2 unspecified atom stereocenters. The van der Waals surface area contributed by atoms with Gasteiger partial charge in [0.2, 0.25) is 0 Å². The summed E-state index contributed by atoms with van der Waals surface area (Å²) >= 11 is -1.00. The van der Waals surface area contributed by atoms with Gasteiger partial charge in [-0.2, -0.15) is 0 Å². The van der Waals surface area contributed by atoms with Crippen molar-refractivity contribution < 1.29 is 18.8 Å². The Balaban J connectivity index is 2.58. The van der Waals surface area contributed by atoms with Crippen LogP contribution in [0.3, 0.4) is 0 Å². The number of rotatable bonds is 7. The van der Waals surface area contributed by atoms with Crippen LogP contribution in [0.1, 0.15) is 31.2 Å². The molecular weight excluding hydrogens is 315 g/mol. The van der Waals surface area contributed by atoms with Crippen LogP contribution >= 0.6 is 0 Å². The van der Waals surface area contributed by atoms with Crippen LogP contribution in [0.4, 0.5) is 8.78 Å². The topological polar surface area (TPSA) is 49.7 Å². The van der Waals surface area contributed by atoms with Gasteiger partial charge in [0.05, 0.1) is 0 Å². The zero-order chi connectivity index (χ0) is 14.3. The summed E-state index contributed by atoms with van der Waals surface area (Å²) in [6.07, 6.45) is -0.992. The van der Waals surface area contributed by atoms with Gasteiger partial charge in [0.1, 0.15) is 0 Å². The van der Waals surface area contributed by atoms with Crippen LogP contribution in [0.25, 0.3) is 0 Å². The second-order valence-electron chi connectivity index (χ2n) is 4.23. The van der Waals surface area contributed by atoms with Crippen LogP contribution in [0.5, 0.6) is 0 Å². The molecule has 0 bridgehead atoms. The van der Waals surface area contributed by atoms with Gasteiger partial charge in [-0.25, -0.2) is 0 Å². The molecule has 2 atom stereocenters. The molecule has 3 nitrogen and oxygen atoms in total. The van der Waals surface area contributed by atoms with Gasteiger partial charge in [-0.15, -0.1) is 0 Å². The van der Waals surface area contributed by atoms with Crippen LogP contribution < -0.4 is 4.35 Å². The monoisotopic (exact) mass is 331 g/mol. The molecule has 0 fully saturated rings. The Kier molecular flexibility index (Phi) is 6.71. The van der Waals surface area contributed by atoms with Crippen molar-refractivity contribution in [2.45, 2.75) is 32.1 Å². The van der Waals surface area contributed by atoms with Crippen LogP contribution in [-0.2, 0) is 4.79 Å². The van der Waals surface area contributed by atoms with E-state index in [0.717, 1.165) is 16.1 Å². The number of hydrogen-bond donors (Lipinski definition) is 1. The number of hydrogen-bond acceptors (Lipinski definition) is 3. The molecule has 19 heavy (non-hydrogen) atoms. The summed E-state index contributed by atoms with van der Waals surface area (Å²) in [5, 5.41) is 10.9. The fourth-order valence-corrected chi connectivity index (χ4v) is 3.22. The Morgan fingerprint density at radius 2 is 2.00 bits per heavy atom. The third kappa shape index (κ3) is 5.97. The third-order valence-corrected chi connectivity index (χ3v) is 4.83. The predicted octanol–water partition coefficient (Wildman–Crippen LogP) is 1.88. The molecule has 0 aliphatic heterocycles. The SMILES string of the molecule is CC(CCC(F)F)c1ccc([AsH]C(=O)/C=N/O)cc1. The molecule has 1 rings (SSSR count). The van der Waals surface area contributed by atoms with E-state index in [1.165, 1.54) is 0 Å². The number of halogens is 2. The van der Waals surface area contributed by atoms with Crippen molar-refractivity contribution in [3.05, 3.63) is 29.8 Å². The standard InChI is InChI=1S/C13H16AsF2NO2/c1-9(2-7-13(15)16)10-3-5-11(6-4-10)14-12(18)8-17-19/h3-6,8-9,13-14,19H,2,7H2,1H3/b17-8+. The van der Waals surface area contributed by atoms with E-state index >= 15 is 0 Å². The zero-order valence-electron chi connectivity index (χ0n) is 10.5. The minimum absolute atomic E-state index is 0.0813. The third-order valence-electron chi connectivity index (χ3n) is 2.74. The van der Waals surface area contributed by atoms with E-state index in [0.29, 0.717) is 6.42 Å². The number of benzene rings is 1. The minimum atomic E-state index is -2.26. The molecule has 0 aliphatic rings. The molecule has 0 radical (unpaired) electrons. The Labute approximate surface area is 117 Å². The summed E-state index contributed by atoms with van der Waals surface area (Å²) in [6, 6.07) is 7.44. The molecule has 1 N–H and O–H groups in total. The Morgan fingerprint density at radius 1 is 1.37 bits per heavy atom. The number of nitrogens with zero attached hydrogens (tertiary/aromatic N) is 1. The summed E-state index contributed by atoms with van der Waals surface area (Å²) in [5.41, 5.74) is 0.999. The van der Waals surface area contributed by atoms with Crippen LogP contribution in [-0.4, -0.2) is 38.2 Å². The van der Waals surface area contributed by atoms with Gasteiger partial charge in [0.25, 0.3) is 0 Å². The first-order valence-electron chi connectivity index (χ1n) is 5.89. The van der Waals surface area contributed by atoms with Gasteiger partial charge >= 0.3 is 117 Å². The van der Waals surface area contributed by atoms with Crippen LogP contribution in [0, 0.1) is 0 Å². The van der Waals surface area contributed by atoms with Crippen molar-refractivity contribution in [1.29, 1.82) is 0 Å². The fourth-order valence-electron chi connectivity index (χ4n) is 1.66. The van der Waals surface area contributed by atoms with Crippen molar-refractivity contribution >= 4 is 30.9 Å². The predicted molar refractivity (Wildman–Crippen MR) is 72.2 cm³/mol. The van der Waals surface area contributed by atoms with Gasteiger partial charge in [0.15, 0.2) is 0 Å². The van der Waals surface area contributed by atoms with Crippen molar-refractivity contribution in [1.82, 2.24) is 0 Å². The van der Waals surface area contributed by atoms with Gasteiger partial charge in [0, 0.05) is 0 Å². The number of carbonyl (C=O) groups excluding carboxylic acids is 1. The average Bonchev–Trinajstić information content (AvgIpc) is 2.37. The number of alkyl halides is 2. The average molecular weight is 331 g/mol. The quantitative estimate of drug-likeness (QED) is 0.359. The maximum atomic E-state index is 12.1. The van der Waals surface area contributed by atoms with Gasteiger partial charge in [-0.3, -0.25) is 0 Å². The van der Waals surface area contributed by atoms with Gasteiger partial charge < -0.3 is 0 Å². The molecule has 0 spiro atoms. The van der Waals surface area contributed by atoms with E-state index < -0.39 is 22.2 Å². The van der Waals surface area contributed by atoms with Crippen LogP contribution in [0.15, 0.2) is 29.4 Å². The Hall–Kier alpha value is -1.22. The number of carbonyl (C=O) groups is 1. The summed E-state index contributed by atoms with van der Waals surface area (Å²) in [4.78, 5) is 11.3. The molecule has 104 valence electrons. The van der Waals surface area contributed by atoms with Gasteiger partial charge in [-0.1, -0.05) is 0 Å². The molecule has 1 aromatic rings. The normalized spacial score (nSPS) is 13.7. The van der Waals surface area contributed by atoms with E-state index in [4.69, 9.17) is 5.21 Å². The molecule has 0 aromatic heterocycles. The fraction of sp³-hybridized carbons (Fsp3) is 0.385. The van der Waals surface area contributed by atoms with Crippen molar-refractivity contribution in [2.75, 3.05) is 0 Å². The summed E-state index contributed by atoms with van der Waals surface area (Å²) in [6.45, 7) is 1.91. The molecule has 1 aromatic carbocycles. The Morgan fingerprint density at radius 3 is 2.53 bits per heavy atom. The molecule has 0 amide bonds. The first-order chi connectivity index (χ1) is 9.02. The summed E-state index contributed by atoms with van der Waals surface area (Å²) in [5.74, 6) is 0.0813. The molecule has 0 saturated carbocycles. The first kappa shape index (κ1) is 15.8. The number of oxime groups is 1. The summed E-state index contributed by atoms with van der Waals surface area (Å²) in [7, 11) is 0. The zero-order valence-corrected chi connectivity index (χ0v) is 12.6. The second kappa shape index (κ2) is 8.05. The second-order valence-corrected chi connectivity index (χ2v) is 7.00. The molecule has 6 heteroatoms. The van der Waals surface area contributed by atoms with E-state index in [1.807, 2.05) is 31.2 Å². The van der Waals surface area contributed by atoms with Crippen molar-refractivity contribution in [2.24, 2.45) is 5.16 Å². The molecule has 0 heterocycles. The Bertz CT molecular complexity index is 435. The molecular formula is C13H16AsF2NO2. The van der Waals surface area contributed by atoms with E-state index in [-0.39, 0.29) is 16.9 Å². The van der Waals surface area contributed by atoms with Crippen LogP contribution in [0.2, 0.25) is 0 Å². The maximum absolute atomic E-state index is 12.1. The first-order valence-corrected chi connectivity index (χ1v) is 7.99. The molecule has 0 aliphatic carbocycles. The van der Waals surface area contributed by atoms with Crippen molar-refractivity contribution in [3.8, 4) is 0 Å². The van der Waals surface area contributed by atoms with E-state index in [1.54, 1.807) is 0 Å². The molecule has 0 saturated heterocycles. The van der Waals surface area contributed by atoms with E-state index in [2.05, 4.69) is 5.16 Å². The van der Waals surface area contributed by atoms with Crippen molar-refractivity contribution in [3.63, 3.8) is 0 Å². The van der Waals surface area contributed by atoms with Gasteiger partial charge in [-0.05, 0) is 0 Å².